The molecule has 0 radical (unpaired) electrons. The van der Waals surface area contributed by atoms with Gasteiger partial charge in [0.25, 0.3) is 0 Å². The summed E-state index contributed by atoms with van der Waals surface area (Å²) in [6.07, 6.45) is 1.02. The van der Waals surface area contributed by atoms with Crippen molar-refractivity contribution in [3.8, 4) is 22.5 Å². The summed E-state index contributed by atoms with van der Waals surface area (Å²) in [6, 6.07) is 11.2. The van der Waals surface area contributed by atoms with E-state index in [9.17, 15) is 4.79 Å². The second-order valence-electron chi connectivity index (χ2n) is 5.81. The predicted octanol–water partition coefficient (Wildman–Crippen LogP) is 3.58. The van der Waals surface area contributed by atoms with Gasteiger partial charge in [-0.2, -0.15) is 0 Å². The monoisotopic (exact) mass is 349 g/mol. The number of benzene rings is 1. The van der Waals surface area contributed by atoms with Gasteiger partial charge in [0.05, 0.1) is 18.5 Å². The smallest absolute Gasteiger partial charge is 0.412 e. The van der Waals surface area contributed by atoms with Crippen molar-refractivity contribution in [1.82, 2.24) is 15.0 Å². The minimum absolute atomic E-state index is 0.382. The molecule has 0 fully saturated rings. The first-order valence-electron chi connectivity index (χ1n) is 8.00. The number of nitrogen functional groups attached to an aromatic ring is 1. The Morgan fingerprint density at radius 3 is 2.62 bits per heavy atom. The highest BCUT2D eigenvalue weighted by molar-refractivity contribution is 5.84. The van der Waals surface area contributed by atoms with E-state index in [4.69, 9.17) is 5.73 Å². The lowest BCUT2D eigenvalue weighted by molar-refractivity contribution is 0.187. The van der Waals surface area contributed by atoms with Crippen LogP contribution in [0.3, 0.4) is 0 Å². The number of hydrogen-bond acceptors (Lipinski definition) is 6. The van der Waals surface area contributed by atoms with Crippen LogP contribution >= 0.6 is 0 Å². The first kappa shape index (κ1) is 17.3. The number of nitrogens with two attached hydrogens (primary N) is 1. The molecule has 0 saturated carbocycles. The SMILES string of the molecule is COC(=O)Nc1cc(-c2cc(-c3cc(N)ccc3C)nc(C)n2)ccn1. The molecular weight excluding hydrogens is 330 g/mol. The maximum absolute atomic E-state index is 11.4. The van der Waals surface area contributed by atoms with Gasteiger partial charge in [-0.1, -0.05) is 6.07 Å². The number of nitrogens with one attached hydrogen (secondary N) is 1. The van der Waals surface area contributed by atoms with Crippen molar-refractivity contribution in [3.05, 3.63) is 54.0 Å². The standard InChI is InChI=1S/C19H19N5O2/c1-11-4-5-14(20)9-15(11)17-10-16(22-12(2)23-17)13-6-7-21-18(8-13)24-19(25)26-3/h4-10H,20H2,1-3H3,(H,21,24,25). The van der Waals surface area contributed by atoms with E-state index >= 15 is 0 Å². The molecule has 7 heteroatoms. The highest BCUT2D eigenvalue weighted by Crippen LogP contribution is 2.28. The Hall–Kier alpha value is -3.48. The van der Waals surface area contributed by atoms with Crippen molar-refractivity contribution in [1.29, 1.82) is 0 Å². The summed E-state index contributed by atoms with van der Waals surface area (Å²) in [4.78, 5) is 24.5. The lowest BCUT2D eigenvalue weighted by Gasteiger charge is -2.10. The third-order valence-electron chi connectivity index (χ3n) is 3.85. The number of methoxy groups -OCH3 is 1. The van der Waals surface area contributed by atoms with Crippen LogP contribution in [0.1, 0.15) is 11.4 Å². The Morgan fingerprint density at radius 1 is 1.08 bits per heavy atom. The fourth-order valence-corrected chi connectivity index (χ4v) is 2.58. The number of carbonyl (C=O) groups excluding carboxylic acids is 1. The Labute approximate surface area is 151 Å². The third-order valence-corrected chi connectivity index (χ3v) is 3.85. The van der Waals surface area contributed by atoms with Gasteiger partial charge in [0, 0.05) is 23.0 Å². The first-order chi connectivity index (χ1) is 12.5. The van der Waals surface area contributed by atoms with E-state index in [0.717, 1.165) is 28.1 Å². The molecule has 0 spiro atoms. The largest absolute Gasteiger partial charge is 0.453 e. The lowest BCUT2D eigenvalue weighted by atomic mass is 10.0. The van der Waals surface area contributed by atoms with Gasteiger partial charge < -0.3 is 10.5 Å². The number of aryl methyl sites for hydroxylation is 2. The molecule has 0 bridgehead atoms. The van der Waals surface area contributed by atoms with Gasteiger partial charge in [-0.25, -0.2) is 19.7 Å². The van der Waals surface area contributed by atoms with E-state index in [1.165, 1.54) is 7.11 Å². The lowest BCUT2D eigenvalue weighted by Crippen LogP contribution is -2.12. The van der Waals surface area contributed by atoms with E-state index < -0.39 is 6.09 Å². The zero-order valence-corrected chi connectivity index (χ0v) is 14.8. The molecule has 0 aliphatic rings. The van der Waals surface area contributed by atoms with Gasteiger partial charge in [-0.15, -0.1) is 0 Å². The van der Waals surface area contributed by atoms with Crippen molar-refractivity contribution in [2.24, 2.45) is 0 Å². The van der Waals surface area contributed by atoms with Crippen LogP contribution in [0.5, 0.6) is 0 Å². The van der Waals surface area contributed by atoms with Crippen LogP contribution in [-0.4, -0.2) is 28.2 Å². The minimum Gasteiger partial charge on any atom is -0.453 e. The fraction of sp³-hybridized carbons (Fsp3) is 0.158. The predicted molar refractivity (Wildman–Crippen MR) is 101 cm³/mol. The van der Waals surface area contributed by atoms with Crippen molar-refractivity contribution < 1.29 is 9.53 Å². The number of ether oxygens (including phenoxy) is 1. The molecule has 7 nitrogen and oxygen atoms in total. The summed E-state index contributed by atoms with van der Waals surface area (Å²) < 4.78 is 4.59. The summed E-state index contributed by atoms with van der Waals surface area (Å²) >= 11 is 0. The maximum atomic E-state index is 11.4. The molecule has 0 atom stereocenters. The van der Waals surface area contributed by atoms with E-state index in [1.54, 1.807) is 12.3 Å². The Balaban J connectivity index is 2.04. The number of carbonyl (C=O) groups is 1. The maximum Gasteiger partial charge on any atom is 0.412 e. The van der Waals surface area contributed by atoms with Crippen LogP contribution < -0.4 is 11.1 Å². The molecule has 0 aliphatic carbocycles. The average Bonchev–Trinajstić information content (AvgIpc) is 2.63. The number of amides is 1. The number of rotatable bonds is 3. The second kappa shape index (κ2) is 7.18. The van der Waals surface area contributed by atoms with Gasteiger partial charge in [0.2, 0.25) is 0 Å². The van der Waals surface area contributed by atoms with Crippen LogP contribution in [0, 0.1) is 13.8 Å². The molecule has 0 unspecified atom stereocenters. The molecule has 1 amide bonds. The summed E-state index contributed by atoms with van der Waals surface area (Å²) in [7, 11) is 1.30. The minimum atomic E-state index is -0.579. The van der Waals surface area contributed by atoms with Crippen LogP contribution in [0.15, 0.2) is 42.6 Å². The van der Waals surface area contributed by atoms with Crippen LogP contribution in [-0.2, 0) is 4.74 Å². The van der Waals surface area contributed by atoms with Crippen molar-refractivity contribution >= 4 is 17.6 Å². The van der Waals surface area contributed by atoms with Gasteiger partial charge in [-0.3, -0.25) is 5.32 Å². The topological polar surface area (TPSA) is 103 Å². The summed E-state index contributed by atoms with van der Waals surface area (Å²) in [5, 5.41) is 2.55. The molecule has 3 rings (SSSR count). The number of aromatic nitrogens is 3. The van der Waals surface area contributed by atoms with Crippen LogP contribution in [0.2, 0.25) is 0 Å². The van der Waals surface area contributed by atoms with Crippen molar-refractivity contribution in [2.45, 2.75) is 13.8 Å². The van der Waals surface area contributed by atoms with Crippen molar-refractivity contribution in [3.63, 3.8) is 0 Å². The second-order valence-corrected chi connectivity index (χ2v) is 5.81. The fourth-order valence-electron chi connectivity index (χ4n) is 2.58. The highest BCUT2D eigenvalue weighted by atomic mass is 16.5. The zero-order chi connectivity index (χ0) is 18.7. The molecule has 0 aliphatic heterocycles. The van der Waals surface area contributed by atoms with Crippen LogP contribution in [0.25, 0.3) is 22.5 Å². The van der Waals surface area contributed by atoms with Crippen molar-refractivity contribution in [2.75, 3.05) is 18.2 Å². The van der Waals surface area contributed by atoms with Gasteiger partial charge in [0.15, 0.2) is 0 Å². The van der Waals surface area contributed by atoms with E-state index in [-0.39, 0.29) is 0 Å². The molecular formula is C19H19N5O2. The quantitative estimate of drug-likeness (QED) is 0.701. The van der Waals surface area contributed by atoms with E-state index in [0.29, 0.717) is 17.3 Å². The molecule has 2 heterocycles. The van der Waals surface area contributed by atoms with Gasteiger partial charge in [-0.05, 0) is 49.7 Å². The average molecular weight is 349 g/mol. The molecule has 1 aromatic carbocycles. The van der Waals surface area contributed by atoms with E-state index in [1.807, 2.05) is 44.2 Å². The number of pyridine rings is 1. The normalized spacial score (nSPS) is 10.4. The molecule has 0 saturated heterocycles. The van der Waals surface area contributed by atoms with E-state index in [2.05, 4.69) is 25.0 Å². The number of hydrogen-bond donors (Lipinski definition) is 2. The zero-order valence-electron chi connectivity index (χ0n) is 14.8. The highest BCUT2D eigenvalue weighted by Gasteiger charge is 2.11. The number of anilines is 2. The summed E-state index contributed by atoms with van der Waals surface area (Å²) in [5.41, 5.74) is 11.0. The molecule has 132 valence electrons. The first-order valence-corrected chi connectivity index (χ1v) is 8.00. The number of nitrogens with zero attached hydrogens (tertiary/aromatic N) is 3. The Kier molecular flexibility index (Phi) is 4.79. The Bertz CT molecular complexity index is 972. The molecule has 2 aromatic heterocycles. The molecule has 3 aromatic rings. The molecule has 26 heavy (non-hydrogen) atoms. The Morgan fingerprint density at radius 2 is 1.85 bits per heavy atom. The van der Waals surface area contributed by atoms with Gasteiger partial charge >= 0.3 is 6.09 Å². The summed E-state index contributed by atoms with van der Waals surface area (Å²) in [6.45, 7) is 3.85. The van der Waals surface area contributed by atoms with Crippen LogP contribution in [0.4, 0.5) is 16.3 Å². The van der Waals surface area contributed by atoms with Gasteiger partial charge in [0.1, 0.15) is 11.6 Å². The third kappa shape index (κ3) is 3.77. The molecule has 3 N–H and O–H groups in total. The summed E-state index contributed by atoms with van der Waals surface area (Å²) in [5.74, 6) is 1.02.